The number of hydrogen-bond donors (Lipinski definition) is 1. The first-order valence-electron chi connectivity index (χ1n) is 7.32. The molecule has 0 saturated carbocycles. The fraction of sp³-hybridized carbons (Fsp3) is 0.625. The second-order valence-corrected chi connectivity index (χ2v) is 7.71. The minimum atomic E-state index is 0.139. The van der Waals surface area contributed by atoms with E-state index in [2.05, 4.69) is 80.1 Å². The number of nitrogens with zero attached hydrogens (tertiary/aromatic N) is 2. The van der Waals surface area contributed by atoms with Gasteiger partial charge in [0, 0.05) is 17.3 Å². The van der Waals surface area contributed by atoms with Crippen molar-refractivity contribution in [1.29, 1.82) is 0 Å². The average Bonchev–Trinajstić information content (AvgIpc) is 2.38. The fourth-order valence-electron chi connectivity index (χ4n) is 2.29. The maximum Gasteiger partial charge on any atom is 0.112 e. The topological polar surface area (TPSA) is 18.5 Å². The van der Waals surface area contributed by atoms with Crippen molar-refractivity contribution in [2.45, 2.75) is 51.7 Å². The minimum absolute atomic E-state index is 0.139. The summed E-state index contributed by atoms with van der Waals surface area (Å²) < 4.78 is 0. The third kappa shape index (κ3) is 4.14. The maximum absolute atomic E-state index is 3.72. The number of hydrogen-bond acceptors (Lipinski definition) is 4. The van der Waals surface area contributed by atoms with Gasteiger partial charge in [-0.2, -0.15) is 0 Å². The lowest BCUT2D eigenvalue weighted by molar-refractivity contribution is 0.155. The monoisotopic (exact) mass is 293 g/mol. The molecule has 3 nitrogen and oxygen atoms in total. The Hall–Kier alpha value is -0.710. The molecular weight excluding hydrogens is 266 g/mol. The third-order valence-corrected chi connectivity index (χ3v) is 4.53. The van der Waals surface area contributed by atoms with Crippen molar-refractivity contribution in [3.63, 3.8) is 0 Å². The molecule has 0 amide bonds. The number of benzene rings is 1. The van der Waals surface area contributed by atoms with Crippen LogP contribution in [0.3, 0.4) is 0 Å². The quantitative estimate of drug-likeness (QED) is 0.918. The van der Waals surface area contributed by atoms with Crippen LogP contribution in [0.15, 0.2) is 30.3 Å². The first-order valence-corrected chi connectivity index (χ1v) is 8.37. The Labute approximate surface area is 127 Å². The summed E-state index contributed by atoms with van der Waals surface area (Å²) in [6.45, 7) is 12.2. The largest absolute Gasteiger partial charge is 0.349 e. The van der Waals surface area contributed by atoms with Crippen LogP contribution in [0.25, 0.3) is 0 Å². The minimum Gasteiger partial charge on any atom is -0.349 e. The molecule has 1 saturated heterocycles. The van der Waals surface area contributed by atoms with Crippen LogP contribution < -0.4 is 10.2 Å². The summed E-state index contributed by atoms with van der Waals surface area (Å²) in [5.41, 5.74) is 1.83. The summed E-state index contributed by atoms with van der Waals surface area (Å²) in [5.74, 6) is 1.03. The van der Waals surface area contributed by atoms with Crippen LogP contribution in [-0.4, -0.2) is 34.5 Å². The predicted octanol–water partition coefficient (Wildman–Crippen LogP) is 3.54. The van der Waals surface area contributed by atoms with Crippen LogP contribution in [0.5, 0.6) is 0 Å². The first kappa shape index (κ1) is 15.7. The molecule has 4 heteroatoms. The van der Waals surface area contributed by atoms with Crippen molar-refractivity contribution < 1.29 is 0 Å². The van der Waals surface area contributed by atoms with E-state index in [4.69, 9.17) is 0 Å². The van der Waals surface area contributed by atoms with Gasteiger partial charge in [-0.15, -0.1) is 11.8 Å². The molecule has 0 spiro atoms. The zero-order chi connectivity index (χ0) is 14.8. The molecule has 1 aliphatic rings. The Morgan fingerprint density at radius 3 is 2.40 bits per heavy atom. The molecule has 1 fully saturated rings. The fourth-order valence-corrected chi connectivity index (χ4v) is 3.78. The highest BCUT2D eigenvalue weighted by atomic mass is 32.2. The van der Waals surface area contributed by atoms with Gasteiger partial charge in [0.2, 0.25) is 0 Å². The van der Waals surface area contributed by atoms with Crippen LogP contribution in [0, 0.1) is 0 Å². The van der Waals surface area contributed by atoms with Gasteiger partial charge in [-0.3, -0.25) is 10.2 Å². The Kier molecular flexibility index (Phi) is 4.99. The lowest BCUT2D eigenvalue weighted by atomic mass is 10.1. The van der Waals surface area contributed by atoms with E-state index in [1.165, 1.54) is 5.69 Å². The van der Waals surface area contributed by atoms with Crippen molar-refractivity contribution >= 4 is 17.4 Å². The van der Waals surface area contributed by atoms with Crippen LogP contribution >= 0.6 is 11.8 Å². The maximum atomic E-state index is 3.72. The lowest BCUT2D eigenvalue weighted by Gasteiger charge is -2.46. The summed E-state index contributed by atoms with van der Waals surface area (Å²) >= 11 is 1.97. The van der Waals surface area contributed by atoms with Crippen molar-refractivity contribution in [3.8, 4) is 0 Å². The van der Waals surface area contributed by atoms with Crippen LogP contribution in [0.1, 0.15) is 34.6 Å². The summed E-state index contributed by atoms with van der Waals surface area (Å²) in [4.78, 5) is 4.96. The first-order chi connectivity index (χ1) is 9.37. The smallest absolute Gasteiger partial charge is 0.112 e. The van der Waals surface area contributed by atoms with Gasteiger partial charge in [-0.25, -0.2) is 0 Å². The zero-order valence-electron chi connectivity index (χ0n) is 13.3. The van der Waals surface area contributed by atoms with Crippen molar-refractivity contribution in [3.05, 3.63) is 30.3 Å². The Bertz CT molecular complexity index is 413. The van der Waals surface area contributed by atoms with Gasteiger partial charge >= 0.3 is 0 Å². The van der Waals surface area contributed by atoms with Gasteiger partial charge in [-0.05, 0) is 46.8 Å². The summed E-state index contributed by atoms with van der Waals surface area (Å²) in [5, 5.41) is 3.72. The molecule has 0 radical (unpaired) electrons. The summed E-state index contributed by atoms with van der Waals surface area (Å²) in [6.07, 6.45) is 0. The molecule has 20 heavy (non-hydrogen) atoms. The van der Waals surface area contributed by atoms with Crippen LogP contribution in [0.4, 0.5) is 5.69 Å². The van der Waals surface area contributed by atoms with E-state index >= 15 is 0 Å². The molecule has 1 heterocycles. The van der Waals surface area contributed by atoms with Gasteiger partial charge in [0.1, 0.15) is 5.50 Å². The van der Waals surface area contributed by atoms with E-state index in [1.54, 1.807) is 0 Å². The summed E-state index contributed by atoms with van der Waals surface area (Å²) in [7, 11) is 0. The van der Waals surface area contributed by atoms with E-state index in [1.807, 2.05) is 11.8 Å². The number of nitrogens with one attached hydrogen (secondary N) is 1. The average molecular weight is 293 g/mol. The third-order valence-electron chi connectivity index (χ3n) is 3.36. The second-order valence-electron chi connectivity index (χ2n) is 6.67. The van der Waals surface area contributed by atoms with Crippen molar-refractivity contribution in [1.82, 2.24) is 10.2 Å². The number of para-hydroxylation sites is 1. The lowest BCUT2D eigenvalue weighted by Crippen LogP contribution is -2.59. The standard InChI is InChI=1S/C16H27N3S/c1-13(2)19-11-18(14-9-7-6-8-10-14)12-20-15(19)17-16(3,4)5/h6-10,13,15,17H,11-12H2,1-5H3. The molecule has 1 N–H and O–H groups in total. The van der Waals surface area contributed by atoms with Crippen molar-refractivity contribution in [2.75, 3.05) is 17.4 Å². The highest BCUT2D eigenvalue weighted by Gasteiger charge is 2.31. The summed E-state index contributed by atoms with van der Waals surface area (Å²) in [6, 6.07) is 11.2. The Morgan fingerprint density at radius 1 is 1.20 bits per heavy atom. The van der Waals surface area contributed by atoms with Gasteiger partial charge in [0.15, 0.2) is 0 Å². The molecule has 0 aliphatic carbocycles. The normalized spacial score (nSPS) is 21.5. The predicted molar refractivity (Wildman–Crippen MR) is 89.9 cm³/mol. The molecule has 112 valence electrons. The Morgan fingerprint density at radius 2 is 1.85 bits per heavy atom. The molecule has 1 aromatic rings. The van der Waals surface area contributed by atoms with E-state index in [0.29, 0.717) is 11.5 Å². The van der Waals surface area contributed by atoms with E-state index in [-0.39, 0.29) is 5.54 Å². The van der Waals surface area contributed by atoms with E-state index < -0.39 is 0 Å². The van der Waals surface area contributed by atoms with Crippen LogP contribution in [0.2, 0.25) is 0 Å². The van der Waals surface area contributed by atoms with Gasteiger partial charge in [-0.1, -0.05) is 18.2 Å². The molecule has 2 rings (SSSR count). The van der Waals surface area contributed by atoms with Crippen LogP contribution in [-0.2, 0) is 0 Å². The number of rotatable bonds is 3. The second kappa shape index (κ2) is 6.37. The molecule has 1 unspecified atom stereocenters. The Balaban J connectivity index is 2.08. The van der Waals surface area contributed by atoms with Gasteiger partial charge < -0.3 is 4.90 Å². The van der Waals surface area contributed by atoms with Crippen molar-refractivity contribution in [2.24, 2.45) is 0 Å². The molecule has 1 aliphatic heterocycles. The van der Waals surface area contributed by atoms with Gasteiger partial charge in [0.05, 0.1) is 12.5 Å². The molecule has 0 bridgehead atoms. The molecule has 1 atom stereocenters. The SMILES string of the molecule is CC(C)N1CN(c2ccccc2)CSC1NC(C)(C)C. The number of thioether (sulfide) groups is 1. The highest BCUT2D eigenvalue weighted by molar-refractivity contribution is 7.99. The van der Waals surface area contributed by atoms with Gasteiger partial charge in [0.25, 0.3) is 0 Å². The molecule has 0 aromatic heterocycles. The van der Waals surface area contributed by atoms with E-state index in [9.17, 15) is 0 Å². The number of anilines is 1. The van der Waals surface area contributed by atoms with E-state index in [0.717, 1.165) is 12.5 Å². The molecular formula is C16H27N3S. The molecule has 1 aromatic carbocycles. The highest BCUT2D eigenvalue weighted by Crippen LogP contribution is 2.28. The zero-order valence-corrected chi connectivity index (χ0v) is 14.1.